The average Bonchev–Trinajstić information content (AvgIpc) is 2.83. The standard InChI is InChI=1S/C27H17NO6/c29-19-12-21(14-6-2-1-3-7-14)34-26-24-16(11-23(31)33-22(24)13-20(30)25(19)26)17-10-15-8-4-5-9-18(15)28-27(17)32/h1-10,12-13,16,30H,11H2,(H,28,32)/t16-/m0/s1. The Bertz CT molecular complexity index is 1730. The summed E-state index contributed by atoms with van der Waals surface area (Å²) in [6.07, 6.45) is -0.117. The van der Waals surface area contributed by atoms with Crippen LogP contribution in [0.1, 0.15) is 23.5 Å². The summed E-state index contributed by atoms with van der Waals surface area (Å²) in [6, 6.07) is 20.7. The Morgan fingerprint density at radius 1 is 0.912 bits per heavy atom. The van der Waals surface area contributed by atoms with Crippen molar-refractivity contribution in [1.82, 2.24) is 4.98 Å². The highest BCUT2D eigenvalue weighted by molar-refractivity contribution is 5.93. The van der Waals surface area contributed by atoms with Crippen LogP contribution >= 0.6 is 0 Å². The maximum atomic E-state index is 13.1. The zero-order valence-electron chi connectivity index (χ0n) is 17.7. The van der Waals surface area contributed by atoms with Crippen LogP contribution in [0, 0.1) is 0 Å². The smallest absolute Gasteiger partial charge is 0.312 e. The molecule has 0 bridgehead atoms. The number of nitrogens with one attached hydrogen (secondary N) is 1. The first kappa shape index (κ1) is 20.0. The molecule has 3 heterocycles. The maximum Gasteiger partial charge on any atom is 0.312 e. The zero-order chi connectivity index (χ0) is 23.4. The SMILES string of the molecule is O=C1C[C@@H](c2cc3ccccc3[nH]c2=O)c2c(cc(O)c3c(=O)cc(-c4ccccc4)oc23)O1. The number of H-pyrrole nitrogens is 1. The van der Waals surface area contributed by atoms with Crippen LogP contribution in [0.3, 0.4) is 0 Å². The van der Waals surface area contributed by atoms with E-state index < -0.39 is 17.3 Å². The van der Waals surface area contributed by atoms with E-state index in [0.717, 1.165) is 5.39 Å². The molecule has 1 atom stereocenters. The second-order valence-corrected chi connectivity index (χ2v) is 8.22. The van der Waals surface area contributed by atoms with Crippen LogP contribution in [0.2, 0.25) is 0 Å². The molecule has 0 fully saturated rings. The van der Waals surface area contributed by atoms with Gasteiger partial charge in [-0.05, 0) is 17.5 Å². The van der Waals surface area contributed by atoms with Gasteiger partial charge in [-0.1, -0.05) is 48.5 Å². The van der Waals surface area contributed by atoms with Crippen molar-refractivity contribution < 1.29 is 19.1 Å². The van der Waals surface area contributed by atoms with E-state index in [9.17, 15) is 19.5 Å². The molecular formula is C27H17NO6. The lowest BCUT2D eigenvalue weighted by Crippen LogP contribution is -2.26. The van der Waals surface area contributed by atoms with Crippen LogP contribution < -0.4 is 15.7 Å². The molecule has 0 saturated carbocycles. The van der Waals surface area contributed by atoms with E-state index in [1.807, 2.05) is 36.4 Å². The molecule has 0 radical (unpaired) electrons. The van der Waals surface area contributed by atoms with E-state index in [-0.39, 0.29) is 34.4 Å². The first-order valence-electron chi connectivity index (χ1n) is 10.7. The number of benzene rings is 3. The van der Waals surface area contributed by atoms with Crippen LogP contribution in [0.4, 0.5) is 0 Å². The Morgan fingerprint density at radius 2 is 1.68 bits per heavy atom. The molecule has 0 amide bonds. The maximum absolute atomic E-state index is 13.1. The molecule has 1 aliphatic heterocycles. The molecule has 5 aromatic rings. The van der Waals surface area contributed by atoms with E-state index in [2.05, 4.69) is 4.98 Å². The van der Waals surface area contributed by atoms with Gasteiger partial charge in [-0.15, -0.1) is 0 Å². The number of pyridine rings is 1. The monoisotopic (exact) mass is 451 g/mol. The summed E-state index contributed by atoms with van der Waals surface area (Å²) in [5, 5.41) is 11.4. The lowest BCUT2D eigenvalue weighted by atomic mass is 9.85. The van der Waals surface area contributed by atoms with Crippen LogP contribution in [0.25, 0.3) is 33.2 Å². The van der Waals surface area contributed by atoms with Crippen molar-refractivity contribution in [2.24, 2.45) is 0 Å². The summed E-state index contributed by atoms with van der Waals surface area (Å²) >= 11 is 0. The molecule has 6 rings (SSSR count). The number of aromatic hydroxyl groups is 1. The van der Waals surface area contributed by atoms with Crippen molar-refractivity contribution in [1.29, 1.82) is 0 Å². The van der Waals surface area contributed by atoms with Crippen molar-refractivity contribution in [3.63, 3.8) is 0 Å². The largest absolute Gasteiger partial charge is 0.507 e. The highest BCUT2D eigenvalue weighted by Crippen LogP contribution is 2.45. The molecule has 3 aromatic carbocycles. The number of esters is 1. The minimum Gasteiger partial charge on any atom is -0.507 e. The number of rotatable bonds is 2. The van der Waals surface area contributed by atoms with Crippen molar-refractivity contribution >= 4 is 27.8 Å². The number of phenolic OH excluding ortho intramolecular Hbond substituents is 1. The molecule has 166 valence electrons. The van der Waals surface area contributed by atoms with Crippen molar-refractivity contribution in [2.75, 3.05) is 0 Å². The number of aromatic nitrogens is 1. The predicted molar refractivity (Wildman–Crippen MR) is 126 cm³/mol. The van der Waals surface area contributed by atoms with Gasteiger partial charge in [0.15, 0.2) is 5.43 Å². The molecule has 0 spiro atoms. The zero-order valence-corrected chi connectivity index (χ0v) is 17.7. The molecule has 2 aromatic heterocycles. The minimum absolute atomic E-state index is 0.0291. The van der Waals surface area contributed by atoms with E-state index in [1.165, 1.54) is 12.1 Å². The Hall–Kier alpha value is -4.65. The average molecular weight is 451 g/mol. The summed E-state index contributed by atoms with van der Waals surface area (Å²) in [5.41, 5.74) is 1.36. The second kappa shape index (κ2) is 7.45. The first-order valence-corrected chi connectivity index (χ1v) is 10.7. The highest BCUT2D eigenvalue weighted by atomic mass is 16.5. The fourth-order valence-electron chi connectivity index (χ4n) is 4.59. The quantitative estimate of drug-likeness (QED) is 0.303. The van der Waals surface area contributed by atoms with E-state index in [1.54, 1.807) is 24.3 Å². The first-order chi connectivity index (χ1) is 16.5. The summed E-state index contributed by atoms with van der Waals surface area (Å²) < 4.78 is 11.6. The van der Waals surface area contributed by atoms with Gasteiger partial charge in [0.1, 0.15) is 28.2 Å². The molecule has 0 saturated heterocycles. The lowest BCUT2D eigenvalue weighted by Gasteiger charge is -2.25. The van der Waals surface area contributed by atoms with Crippen LogP contribution in [0.5, 0.6) is 11.5 Å². The number of aromatic amines is 1. The van der Waals surface area contributed by atoms with Gasteiger partial charge in [-0.25, -0.2) is 0 Å². The minimum atomic E-state index is -0.734. The number of hydrogen-bond donors (Lipinski definition) is 2. The summed E-state index contributed by atoms with van der Waals surface area (Å²) in [5.74, 6) is -1.28. The Balaban J connectivity index is 1.68. The van der Waals surface area contributed by atoms with Crippen LogP contribution in [0.15, 0.2) is 86.8 Å². The normalized spacial score (nSPS) is 15.3. The number of carbonyl (C=O) groups excluding carboxylic acids is 1. The molecule has 0 unspecified atom stereocenters. The number of fused-ring (bicyclic) bond motifs is 4. The fourth-order valence-corrected chi connectivity index (χ4v) is 4.59. The van der Waals surface area contributed by atoms with Crippen molar-refractivity contribution in [3.8, 4) is 22.8 Å². The number of phenols is 1. The molecule has 1 aliphatic rings. The lowest BCUT2D eigenvalue weighted by molar-refractivity contribution is -0.135. The summed E-state index contributed by atoms with van der Waals surface area (Å²) in [4.78, 5) is 41.4. The van der Waals surface area contributed by atoms with E-state index in [0.29, 0.717) is 28.0 Å². The van der Waals surface area contributed by atoms with E-state index in [4.69, 9.17) is 9.15 Å². The molecule has 7 heteroatoms. The molecule has 7 nitrogen and oxygen atoms in total. The highest BCUT2D eigenvalue weighted by Gasteiger charge is 2.35. The Labute approximate surface area is 191 Å². The number of para-hydroxylation sites is 1. The van der Waals surface area contributed by atoms with Crippen LogP contribution in [-0.2, 0) is 4.79 Å². The fraction of sp³-hybridized carbons (Fsp3) is 0.0741. The second-order valence-electron chi connectivity index (χ2n) is 8.22. The van der Waals surface area contributed by atoms with Gasteiger partial charge < -0.3 is 19.2 Å². The van der Waals surface area contributed by atoms with Gasteiger partial charge in [-0.2, -0.15) is 0 Å². The molecule has 34 heavy (non-hydrogen) atoms. The van der Waals surface area contributed by atoms with Crippen molar-refractivity contribution in [3.05, 3.63) is 105 Å². The Morgan fingerprint density at radius 3 is 2.50 bits per heavy atom. The molecule has 0 aliphatic carbocycles. The third-order valence-electron chi connectivity index (χ3n) is 6.14. The van der Waals surface area contributed by atoms with E-state index >= 15 is 0 Å². The number of hydrogen-bond acceptors (Lipinski definition) is 6. The van der Waals surface area contributed by atoms with Crippen molar-refractivity contribution in [2.45, 2.75) is 12.3 Å². The van der Waals surface area contributed by atoms with Gasteiger partial charge in [-0.3, -0.25) is 14.4 Å². The molecule has 2 N–H and O–H groups in total. The third kappa shape index (κ3) is 3.09. The van der Waals surface area contributed by atoms with Gasteiger partial charge in [0.25, 0.3) is 5.56 Å². The van der Waals surface area contributed by atoms with Gasteiger partial charge >= 0.3 is 5.97 Å². The summed E-state index contributed by atoms with van der Waals surface area (Å²) in [6.45, 7) is 0. The Kier molecular flexibility index (Phi) is 4.38. The number of ether oxygens (including phenoxy) is 1. The summed E-state index contributed by atoms with van der Waals surface area (Å²) in [7, 11) is 0. The topological polar surface area (TPSA) is 110 Å². The van der Waals surface area contributed by atoms with Gasteiger partial charge in [0, 0.05) is 40.3 Å². The van der Waals surface area contributed by atoms with Gasteiger partial charge in [0.05, 0.1) is 6.42 Å². The van der Waals surface area contributed by atoms with Crippen LogP contribution in [-0.4, -0.2) is 16.1 Å². The number of carbonyl (C=O) groups is 1. The third-order valence-corrected chi connectivity index (χ3v) is 6.14. The van der Waals surface area contributed by atoms with Gasteiger partial charge in [0.2, 0.25) is 0 Å². The predicted octanol–water partition coefficient (Wildman–Crippen LogP) is 4.45. The molecular weight excluding hydrogens is 434 g/mol.